The number of rotatable bonds is 6. The summed E-state index contributed by atoms with van der Waals surface area (Å²) in [5.41, 5.74) is 4.08. The van der Waals surface area contributed by atoms with Crippen LogP contribution in [0, 0.1) is 6.92 Å². The van der Waals surface area contributed by atoms with Crippen LogP contribution in [-0.4, -0.2) is 32.2 Å². The third-order valence-corrected chi connectivity index (χ3v) is 5.95. The van der Waals surface area contributed by atoms with E-state index in [1.807, 2.05) is 73.3 Å². The van der Waals surface area contributed by atoms with Gasteiger partial charge in [-0.15, -0.1) is 5.10 Å². The van der Waals surface area contributed by atoms with E-state index in [0.29, 0.717) is 16.6 Å². The van der Waals surface area contributed by atoms with Crippen LogP contribution in [0.5, 0.6) is 0 Å². The Labute approximate surface area is 185 Å². The maximum atomic E-state index is 6.46. The number of nitrogens with zero attached hydrogens (tertiary/aromatic N) is 5. The molecule has 5 nitrogen and oxygen atoms in total. The van der Waals surface area contributed by atoms with Crippen molar-refractivity contribution in [1.29, 1.82) is 0 Å². The third kappa shape index (κ3) is 4.10. The van der Waals surface area contributed by atoms with Crippen LogP contribution in [0.2, 0.25) is 10.0 Å². The molecule has 0 N–H and O–H groups in total. The van der Waals surface area contributed by atoms with Gasteiger partial charge in [-0.05, 0) is 53.2 Å². The summed E-state index contributed by atoms with van der Waals surface area (Å²) in [5, 5.41) is 13.8. The van der Waals surface area contributed by atoms with E-state index in [2.05, 4.69) is 32.6 Å². The van der Waals surface area contributed by atoms with Gasteiger partial charge in [0, 0.05) is 6.54 Å². The van der Waals surface area contributed by atoms with Crippen LogP contribution in [0.3, 0.4) is 0 Å². The minimum atomic E-state index is -0.184. The number of tetrazole rings is 1. The molecular formula is C23H21Cl2N5. The zero-order valence-electron chi connectivity index (χ0n) is 16.7. The van der Waals surface area contributed by atoms with E-state index in [-0.39, 0.29) is 6.04 Å². The Hall–Kier alpha value is -2.73. The van der Waals surface area contributed by atoms with Crippen molar-refractivity contribution in [1.82, 2.24) is 25.1 Å². The van der Waals surface area contributed by atoms with Crippen LogP contribution in [0.25, 0.3) is 5.69 Å². The highest BCUT2D eigenvalue weighted by Crippen LogP contribution is 2.32. The van der Waals surface area contributed by atoms with E-state index < -0.39 is 0 Å². The van der Waals surface area contributed by atoms with E-state index in [1.54, 1.807) is 6.07 Å². The molecule has 0 aliphatic heterocycles. The molecule has 4 rings (SSSR count). The van der Waals surface area contributed by atoms with E-state index in [1.165, 1.54) is 0 Å². The molecule has 0 aliphatic carbocycles. The van der Waals surface area contributed by atoms with Gasteiger partial charge in [-0.1, -0.05) is 83.9 Å². The van der Waals surface area contributed by atoms with E-state index >= 15 is 0 Å². The van der Waals surface area contributed by atoms with Gasteiger partial charge in [0.1, 0.15) is 0 Å². The van der Waals surface area contributed by atoms with Crippen molar-refractivity contribution in [2.24, 2.45) is 0 Å². The molecule has 0 spiro atoms. The average molecular weight is 438 g/mol. The zero-order valence-corrected chi connectivity index (χ0v) is 18.2. The largest absolute Gasteiger partial charge is 0.288 e. The topological polar surface area (TPSA) is 46.8 Å². The van der Waals surface area contributed by atoms with Crippen molar-refractivity contribution in [3.05, 3.63) is 105 Å². The lowest BCUT2D eigenvalue weighted by molar-refractivity contribution is 0.258. The molecule has 0 bridgehead atoms. The molecule has 152 valence electrons. The first-order valence-corrected chi connectivity index (χ1v) is 10.3. The Morgan fingerprint density at radius 3 is 2.43 bits per heavy atom. The molecule has 0 saturated heterocycles. The molecule has 3 aromatic carbocycles. The van der Waals surface area contributed by atoms with Gasteiger partial charge in [-0.3, -0.25) is 4.90 Å². The van der Waals surface area contributed by atoms with Gasteiger partial charge in [0.05, 0.1) is 21.8 Å². The second kappa shape index (κ2) is 8.96. The lowest BCUT2D eigenvalue weighted by Gasteiger charge is -2.28. The molecule has 1 atom stereocenters. The first-order valence-electron chi connectivity index (χ1n) is 9.58. The molecule has 1 aromatic heterocycles. The van der Waals surface area contributed by atoms with Gasteiger partial charge < -0.3 is 0 Å². The number of aromatic nitrogens is 4. The number of hydrogen-bond donors (Lipinski definition) is 0. The summed E-state index contributed by atoms with van der Waals surface area (Å²) < 4.78 is 1.81. The Balaban J connectivity index is 1.79. The molecule has 7 heteroatoms. The standard InChI is InChI=1S/C23H21Cl2N5/c1-16-9-6-7-14-20(16)30-23(26-27-28-30)22(17-10-4-3-5-11-17)29(2)15-18-12-8-13-19(24)21(18)25/h3-14,22H,15H2,1-2H3/t22-/m1/s1. The van der Waals surface area contributed by atoms with Crippen LogP contribution >= 0.6 is 23.2 Å². The highest BCUT2D eigenvalue weighted by atomic mass is 35.5. The molecule has 0 radical (unpaired) electrons. The van der Waals surface area contributed by atoms with Gasteiger partial charge in [0.15, 0.2) is 5.82 Å². The lowest BCUT2D eigenvalue weighted by Crippen LogP contribution is -2.28. The van der Waals surface area contributed by atoms with Crippen molar-refractivity contribution in [3.8, 4) is 5.69 Å². The number of aryl methyl sites for hydroxylation is 1. The summed E-state index contributed by atoms with van der Waals surface area (Å²) >= 11 is 12.7. The summed E-state index contributed by atoms with van der Waals surface area (Å²) in [4.78, 5) is 2.17. The van der Waals surface area contributed by atoms with E-state index in [9.17, 15) is 0 Å². The molecular weight excluding hydrogens is 417 g/mol. The van der Waals surface area contributed by atoms with E-state index in [0.717, 1.165) is 28.2 Å². The predicted octanol–water partition coefficient (Wildman–Crippen LogP) is 5.50. The normalized spacial score (nSPS) is 12.3. The maximum Gasteiger partial charge on any atom is 0.178 e. The molecule has 1 heterocycles. The quantitative estimate of drug-likeness (QED) is 0.399. The first kappa shape index (κ1) is 20.5. The molecule has 4 aromatic rings. The SMILES string of the molecule is Cc1ccccc1-n1nnnc1[C@@H](c1ccccc1)N(C)Cc1cccc(Cl)c1Cl. The summed E-state index contributed by atoms with van der Waals surface area (Å²) in [6.45, 7) is 2.63. The minimum absolute atomic E-state index is 0.184. The summed E-state index contributed by atoms with van der Waals surface area (Å²) in [7, 11) is 2.03. The Morgan fingerprint density at radius 1 is 0.933 bits per heavy atom. The minimum Gasteiger partial charge on any atom is -0.288 e. The van der Waals surface area contributed by atoms with Crippen molar-refractivity contribution in [3.63, 3.8) is 0 Å². The molecule has 0 saturated carbocycles. The molecule has 0 amide bonds. The van der Waals surface area contributed by atoms with Crippen molar-refractivity contribution >= 4 is 23.2 Å². The van der Waals surface area contributed by atoms with Crippen molar-refractivity contribution < 1.29 is 0 Å². The van der Waals surface area contributed by atoms with Gasteiger partial charge in [-0.2, -0.15) is 4.68 Å². The molecule has 30 heavy (non-hydrogen) atoms. The Kier molecular flexibility index (Phi) is 6.13. The lowest BCUT2D eigenvalue weighted by atomic mass is 10.0. The fourth-order valence-electron chi connectivity index (χ4n) is 3.60. The smallest absolute Gasteiger partial charge is 0.178 e. The molecule has 0 aliphatic rings. The van der Waals surface area contributed by atoms with E-state index in [4.69, 9.17) is 23.2 Å². The van der Waals surface area contributed by atoms with Gasteiger partial charge in [-0.25, -0.2) is 0 Å². The second-order valence-electron chi connectivity index (χ2n) is 7.18. The molecule has 0 unspecified atom stereocenters. The first-order chi connectivity index (χ1) is 14.6. The summed E-state index contributed by atoms with van der Waals surface area (Å²) in [6, 6.07) is 23.8. The van der Waals surface area contributed by atoms with Gasteiger partial charge in [0.25, 0.3) is 0 Å². The average Bonchev–Trinajstić information content (AvgIpc) is 3.22. The molecule has 0 fully saturated rings. The van der Waals surface area contributed by atoms with Crippen LogP contribution in [0.4, 0.5) is 0 Å². The predicted molar refractivity (Wildman–Crippen MR) is 120 cm³/mol. The summed E-state index contributed by atoms with van der Waals surface area (Å²) in [6.07, 6.45) is 0. The fraction of sp³-hybridized carbons (Fsp3) is 0.174. The Morgan fingerprint density at radius 2 is 1.67 bits per heavy atom. The highest BCUT2D eigenvalue weighted by molar-refractivity contribution is 6.42. The second-order valence-corrected chi connectivity index (χ2v) is 7.96. The van der Waals surface area contributed by atoms with Crippen LogP contribution in [0.1, 0.15) is 28.6 Å². The van der Waals surface area contributed by atoms with Crippen LogP contribution < -0.4 is 0 Å². The Bertz CT molecular complexity index is 1140. The highest BCUT2D eigenvalue weighted by Gasteiger charge is 2.27. The van der Waals surface area contributed by atoms with Crippen molar-refractivity contribution in [2.45, 2.75) is 19.5 Å². The third-order valence-electron chi connectivity index (χ3n) is 5.09. The van der Waals surface area contributed by atoms with Crippen molar-refractivity contribution in [2.75, 3.05) is 7.05 Å². The number of hydrogen-bond acceptors (Lipinski definition) is 4. The summed E-state index contributed by atoms with van der Waals surface area (Å²) in [5.74, 6) is 0.733. The monoisotopic (exact) mass is 437 g/mol. The number of halogens is 2. The zero-order chi connectivity index (χ0) is 21.1. The number of para-hydroxylation sites is 1. The van der Waals surface area contributed by atoms with Crippen LogP contribution in [-0.2, 0) is 6.54 Å². The fourth-order valence-corrected chi connectivity index (χ4v) is 3.98. The van der Waals surface area contributed by atoms with Gasteiger partial charge in [0.2, 0.25) is 0 Å². The van der Waals surface area contributed by atoms with Crippen LogP contribution in [0.15, 0.2) is 72.8 Å². The maximum absolute atomic E-state index is 6.46. The number of benzene rings is 3. The van der Waals surface area contributed by atoms with Gasteiger partial charge >= 0.3 is 0 Å².